The fourth-order valence-electron chi connectivity index (χ4n) is 3.05. The molecule has 1 N–H and O–H groups in total. The number of rotatable bonds is 2. The first-order valence-electron chi connectivity index (χ1n) is 7.19. The Labute approximate surface area is 122 Å². The highest BCUT2D eigenvalue weighted by molar-refractivity contribution is 5.62. The van der Waals surface area contributed by atoms with Gasteiger partial charge in [-0.25, -0.2) is 4.39 Å². The molecule has 2 aromatic rings. The van der Waals surface area contributed by atoms with Crippen molar-refractivity contribution in [1.82, 2.24) is 0 Å². The molecule has 2 aliphatic heterocycles. The molecular formula is C17H16FNO2. The molecule has 0 amide bonds. The van der Waals surface area contributed by atoms with Crippen LogP contribution in [0.15, 0.2) is 36.4 Å². The Morgan fingerprint density at radius 2 is 1.86 bits per heavy atom. The summed E-state index contributed by atoms with van der Waals surface area (Å²) in [4.78, 5) is 0. The van der Waals surface area contributed by atoms with E-state index in [9.17, 15) is 4.39 Å². The summed E-state index contributed by atoms with van der Waals surface area (Å²) in [6, 6.07) is 10.9. The molecule has 21 heavy (non-hydrogen) atoms. The highest BCUT2D eigenvalue weighted by atomic mass is 19.1. The Kier molecular flexibility index (Phi) is 2.95. The Hall–Kier alpha value is -2.23. The first-order valence-corrected chi connectivity index (χ1v) is 7.19. The zero-order valence-electron chi connectivity index (χ0n) is 11.6. The van der Waals surface area contributed by atoms with E-state index in [0.717, 1.165) is 36.6 Å². The molecule has 1 atom stereocenters. The predicted octanol–water partition coefficient (Wildman–Crippen LogP) is 3.38. The van der Waals surface area contributed by atoms with Crippen LogP contribution in [0, 0.1) is 11.7 Å². The normalized spacial score (nSPS) is 19.0. The summed E-state index contributed by atoms with van der Waals surface area (Å²) < 4.78 is 23.8. The molecule has 2 aromatic carbocycles. The molecule has 0 aliphatic carbocycles. The Morgan fingerprint density at radius 1 is 1.10 bits per heavy atom. The van der Waals surface area contributed by atoms with Gasteiger partial charge in [-0.2, -0.15) is 0 Å². The molecule has 0 radical (unpaired) electrons. The van der Waals surface area contributed by atoms with Gasteiger partial charge in [0.15, 0.2) is 11.5 Å². The maximum Gasteiger partial charge on any atom is 0.231 e. The molecular weight excluding hydrogens is 269 g/mol. The minimum absolute atomic E-state index is 0.182. The van der Waals surface area contributed by atoms with E-state index in [2.05, 4.69) is 11.4 Å². The van der Waals surface area contributed by atoms with Crippen LogP contribution < -0.4 is 14.8 Å². The Balaban J connectivity index is 1.52. The number of hydrogen-bond donors (Lipinski definition) is 1. The monoisotopic (exact) mass is 285 g/mol. The van der Waals surface area contributed by atoms with Gasteiger partial charge in [0.1, 0.15) is 5.82 Å². The molecule has 108 valence electrons. The van der Waals surface area contributed by atoms with Gasteiger partial charge in [0.25, 0.3) is 0 Å². The number of ether oxygens (including phenoxy) is 2. The highest BCUT2D eigenvalue weighted by Gasteiger charge is 2.23. The van der Waals surface area contributed by atoms with Crippen LogP contribution in [0.3, 0.4) is 0 Å². The van der Waals surface area contributed by atoms with Crippen LogP contribution >= 0.6 is 0 Å². The van der Waals surface area contributed by atoms with Crippen molar-refractivity contribution in [2.45, 2.75) is 12.8 Å². The van der Waals surface area contributed by atoms with E-state index in [1.54, 1.807) is 0 Å². The first-order chi connectivity index (χ1) is 10.3. The largest absolute Gasteiger partial charge is 0.454 e. The van der Waals surface area contributed by atoms with Crippen molar-refractivity contribution in [1.29, 1.82) is 0 Å². The van der Waals surface area contributed by atoms with E-state index in [1.165, 1.54) is 23.3 Å². The quantitative estimate of drug-likeness (QED) is 0.917. The van der Waals surface area contributed by atoms with E-state index < -0.39 is 0 Å². The second-order valence-electron chi connectivity index (χ2n) is 5.64. The third kappa shape index (κ3) is 2.42. The van der Waals surface area contributed by atoms with Crippen molar-refractivity contribution in [2.24, 2.45) is 5.92 Å². The molecule has 4 heteroatoms. The summed E-state index contributed by atoms with van der Waals surface area (Å²) in [6.07, 6.45) is 1.94. The molecule has 0 fully saturated rings. The molecule has 0 saturated heterocycles. The topological polar surface area (TPSA) is 30.5 Å². The smallest absolute Gasteiger partial charge is 0.231 e. The maximum absolute atomic E-state index is 13.0. The summed E-state index contributed by atoms with van der Waals surface area (Å²) in [5.41, 5.74) is 3.57. The van der Waals surface area contributed by atoms with Crippen molar-refractivity contribution in [3.05, 3.63) is 53.3 Å². The van der Waals surface area contributed by atoms with Crippen molar-refractivity contribution >= 4 is 5.69 Å². The van der Waals surface area contributed by atoms with Crippen LogP contribution in [0.25, 0.3) is 0 Å². The SMILES string of the molecule is Fc1ccc(CC2CNc3cc4c(cc3C2)OCO4)cc1. The maximum atomic E-state index is 13.0. The summed E-state index contributed by atoms with van der Waals surface area (Å²) in [5, 5.41) is 3.46. The van der Waals surface area contributed by atoms with Crippen LogP contribution in [0.1, 0.15) is 11.1 Å². The number of benzene rings is 2. The van der Waals surface area contributed by atoms with Gasteiger partial charge >= 0.3 is 0 Å². The third-order valence-corrected chi connectivity index (χ3v) is 4.13. The van der Waals surface area contributed by atoms with E-state index in [-0.39, 0.29) is 5.82 Å². The lowest BCUT2D eigenvalue weighted by Crippen LogP contribution is -2.24. The summed E-state index contributed by atoms with van der Waals surface area (Å²) in [5.74, 6) is 1.97. The van der Waals surface area contributed by atoms with Crippen molar-refractivity contribution in [3.8, 4) is 11.5 Å². The van der Waals surface area contributed by atoms with E-state index in [0.29, 0.717) is 12.7 Å². The average molecular weight is 285 g/mol. The Morgan fingerprint density at radius 3 is 2.67 bits per heavy atom. The minimum Gasteiger partial charge on any atom is -0.454 e. The van der Waals surface area contributed by atoms with Crippen LogP contribution in [0.4, 0.5) is 10.1 Å². The van der Waals surface area contributed by atoms with Gasteiger partial charge in [-0.15, -0.1) is 0 Å². The van der Waals surface area contributed by atoms with Crippen LogP contribution in [0.2, 0.25) is 0 Å². The third-order valence-electron chi connectivity index (χ3n) is 4.13. The number of fused-ring (bicyclic) bond motifs is 2. The Bertz CT molecular complexity index is 669. The molecule has 0 aromatic heterocycles. The van der Waals surface area contributed by atoms with Gasteiger partial charge in [0.05, 0.1) is 0 Å². The second-order valence-corrected chi connectivity index (χ2v) is 5.64. The number of hydrogen-bond acceptors (Lipinski definition) is 3. The molecule has 2 aliphatic rings. The highest BCUT2D eigenvalue weighted by Crippen LogP contribution is 2.39. The van der Waals surface area contributed by atoms with E-state index >= 15 is 0 Å². The second kappa shape index (κ2) is 4.95. The van der Waals surface area contributed by atoms with Crippen LogP contribution in [-0.2, 0) is 12.8 Å². The zero-order chi connectivity index (χ0) is 14.2. The number of anilines is 1. The molecule has 0 saturated carbocycles. The molecule has 3 nitrogen and oxygen atoms in total. The van der Waals surface area contributed by atoms with Gasteiger partial charge in [0.2, 0.25) is 6.79 Å². The predicted molar refractivity (Wildman–Crippen MR) is 78.4 cm³/mol. The summed E-state index contributed by atoms with van der Waals surface area (Å²) in [6.45, 7) is 1.22. The van der Waals surface area contributed by atoms with Gasteiger partial charge in [-0.1, -0.05) is 12.1 Å². The van der Waals surface area contributed by atoms with Crippen molar-refractivity contribution < 1.29 is 13.9 Å². The van der Waals surface area contributed by atoms with Gasteiger partial charge in [-0.3, -0.25) is 0 Å². The van der Waals surface area contributed by atoms with Crippen LogP contribution in [0.5, 0.6) is 11.5 Å². The van der Waals surface area contributed by atoms with Crippen molar-refractivity contribution in [2.75, 3.05) is 18.7 Å². The van der Waals surface area contributed by atoms with Gasteiger partial charge in [0, 0.05) is 18.3 Å². The standard InChI is InChI=1S/C17H16FNO2/c18-14-3-1-11(2-4-14)5-12-6-13-7-16-17(21-10-20-16)8-15(13)19-9-12/h1-4,7-8,12,19H,5-6,9-10H2. The fourth-order valence-corrected chi connectivity index (χ4v) is 3.05. The van der Waals surface area contributed by atoms with Crippen LogP contribution in [-0.4, -0.2) is 13.3 Å². The van der Waals surface area contributed by atoms with E-state index in [4.69, 9.17) is 9.47 Å². The summed E-state index contributed by atoms with van der Waals surface area (Å²) in [7, 11) is 0. The molecule has 4 rings (SSSR count). The van der Waals surface area contributed by atoms with Gasteiger partial charge in [-0.05, 0) is 48.1 Å². The molecule has 0 bridgehead atoms. The first kappa shape index (κ1) is 12.5. The number of halogens is 1. The van der Waals surface area contributed by atoms with E-state index in [1.807, 2.05) is 18.2 Å². The molecule has 0 spiro atoms. The van der Waals surface area contributed by atoms with Crippen molar-refractivity contribution in [3.63, 3.8) is 0 Å². The average Bonchev–Trinajstić information content (AvgIpc) is 2.94. The number of nitrogens with one attached hydrogen (secondary N) is 1. The van der Waals surface area contributed by atoms with Gasteiger partial charge < -0.3 is 14.8 Å². The lowest BCUT2D eigenvalue weighted by atomic mass is 9.88. The zero-order valence-corrected chi connectivity index (χ0v) is 11.6. The molecule has 1 unspecified atom stereocenters. The lowest BCUT2D eigenvalue weighted by Gasteiger charge is -2.26. The molecule has 2 heterocycles. The minimum atomic E-state index is -0.182. The fraction of sp³-hybridized carbons (Fsp3) is 0.294. The summed E-state index contributed by atoms with van der Waals surface area (Å²) >= 11 is 0. The lowest BCUT2D eigenvalue weighted by molar-refractivity contribution is 0.174.